The van der Waals surface area contributed by atoms with E-state index in [1.165, 1.54) is 25.1 Å². The molecule has 2 rings (SSSR count). The summed E-state index contributed by atoms with van der Waals surface area (Å²) in [6.07, 6.45) is -3.53. The van der Waals surface area contributed by atoms with Crippen LogP contribution in [0.5, 0.6) is 0 Å². The van der Waals surface area contributed by atoms with Crippen LogP contribution in [0, 0.1) is 0 Å². The summed E-state index contributed by atoms with van der Waals surface area (Å²) in [5.41, 5.74) is -0.860. The van der Waals surface area contributed by atoms with Crippen LogP contribution < -0.4 is 5.14 Å². The van der Waals surface area contributed by atoms with Crippen molar-refractivity contribution in [2.24, 2.45) is 5.14 Å². The van der Waals surface area contributed by atoms with Crippen LogP contribution in [-0.4, -0.2) is 23.4 Å². The molecule has 1 unspecified atom stereocenters. The molecule has 0 fully saturated rings. The Bertz CT molecular complexity index is 755. The lowest BCUT2D eigenvalue weighted by Gasteiger charge is -2.17. The molecule has 21 heavy (non-hydrogen) atoms. The fraction of sp³-hybridized carbons (Fsp3) is 0.273. The van der Waals surface area contributed by atoms with Gasteiger partial charge in [0.2, 0.25) is 5.03 Å². The van der Waals surface area contributed by atoms with Crippen molar-refractivity contribution < 1.29 is 21.6 Å². The molecule has 1 atom stereocenters. The molecule has 114 valence electrons. The lowest BCUT2D eigenvalue weighted by molar-refractivity contribution is -0.138. The van der Waals surface area contributed by atoms with Gasteiger partial charge in [0, 0.05) is 0 Å². The normalized spacial score (nSPS) is 14.1. The Morgan fingerprint density at radius 3 is 2.43 bits per heavy atom. The minimum Gasteiger partial charge on any atom is -0.244 e. The van der Waals surface area contributed by atoms with Crippen LogP contribution in [0.2, 0.25) is 0 Å². The molecule has 0 aliphatic heterocycles. The summed E-state index contributed by atoms with van der Waals surface area (Å²) >= 11 is 0. The van der Waals surface area contributed by atoms with E-state index in [2.05, 4.69) is 10.3 Å². The second-order valence-corrected chi connectivity index (χ2v) is 5.85. The van der Waals surface area contributed by atoms with E-state index in [0.29, 0.717) is 0 Å². The molecule has 1 aromatic carbocycles. The second kappa shape index (κ2) is 5.11. The van der Waals surface area contributed by atoms with Crippen molar-refractivity contribution in [2.75, 3.05) is 0 Å². The van der Waals surface area contributed by atoms with Crippen LogP contribution in [0.4, 0.5) is 13.2 Å². The maximum absolute atomic E-state index is 13.0. The fourth-order valence-corrected chi connectivity index (χ4v) is 2.25. The minimum absolute atomic E-state index is 0.0455. The summed E-state index contributed by atoms with van der Waals surface area (Å²) < 4.78 is 62.1. The molecular formula is C11H11F3N4O2S. The van der Waals surface area contributed by atoms with E-state index in [1.54, 1.807) is 0 Å². The Morgan fingerprint density at radius 1 is 1.29 bits per heavy atom. The standard InChI is InChI=1S/C11H11F3N4O2S/c1-7(18-6-10(16-17-18)21(15,19)20)8-4-2-3-5-9(8)11(12,13)14/h2-7H,1H3,(H2,15,19,20). The highest BCUT2D eigenvalue weighted by Crippen LogP contribution is 2.35. The number of benzene rings is 1. The van der Waals surface area contributed by atoms with Crippen LogP contribution in [0.15, 0.2) is 35.5 Å². The third-order valence-corrected chi connectivity index (χ3v) is 3.66. The average molecular weight is 320 g/mol. The zero-order chi connectivity index (χ0) is 15.8. The maximum Gasteiger partial charge on any atom is 0.416 e. The number of aromatic nitrogens is 3. The number of nitrogens with zero attached hydrogens (tertiary/aromatic N) is 3. The predicted molar refractivity (Wildman–Crippen MR) is 66.7 cm³/mol. The van der Waals surface area contributed by atoms with Crippen LogP contribution >= 0.6 is 0 Å². The number of primary sulfonamides is 1. The van der Waals surface area contributed by atoms with Gasteiger partial charge in [-0.3, -0.25) is 0 Å². The molecule has 0 radical (unpaired) electrons. The van der Waals surface area contributed by atoms with E-state index >= 15 is 0 Å². The van der Waals surface area contributed by atoms with Crippen LogP contribution in [0.25, 0.3) is 0 Å². The molecule has 10 heteroatoms. The van der Waals surface area contributed by atoms with Crippen LogP contribution in [0.1, 0.15) is 24.1 Å². The van der Waals surface area contributed by atoms with E-state index < -0.39 is 32.8 Å². The van der Waals surface area contributed by atoms with Crippen molar-refractivity contribution >= 4 is 10.0 Å². The van der Waals surface area contributed by atoms with Crippen molar-refractivity contribution in [3.63, 3.8) is 0 Å². The first-order valence-corrected chi connectivity index (χ1v) is 7.26. The van der Waals surface area contributed by atoms with Gasteiger partial charge in [0.25, 0.3) is 10.0 Å². The first kappa shape index (κ1) is 15.4. The van der Waals surface area contributed by atoms with Crippen molar-refractivity contribution in [1.82, 2.24) is 15.0 Å². The van der Waals surface area contributed by atoms with Crippen molar-refractivity contribution in [2.45, 2.75) is 24.2 Å². The quantitative estimate of drug-likeness (QED) is 0.929. The summed E-state index contributed by atoms with van der Waals surface area (Å²) in [6.45, 7) is 1.45. The lowest BCUT2D eigenvalue weighted by atomic mass is 10.0. The van der Waals surface area contributed by atoms with Gasteiger partial charge >= 0.3 is 6.18 Å². The fourth-order valence-electron chi connectivity index (χ4n) is 1.84. The van der Waals surface area contributed by atoms with Gasteiger partial charge < -0.3 is 0 Å². The Labute approximate surface area is 118 Å². The predicted octanol–water partition coefficient (Wildman–Crippen LogP) is 1.55. The van der Waals surface area contributed by atoms with Gasteiger partial charge in [-0.1, -0.05) is 23.4 Å². The smallest absolute Gasteiger partial charge is 0.244 e. The highest BCUT2D eigenvalue weighted by molar-refractivity contribution is 7.89. The molecule has 0 saturated carbocycles. The van der Waals surface area contributed by atoms with E-state index in [0.717, 1.165) is 16.9 Å². The first-order chi connectivity index (χ1) is 9.60. The van der Waals surface area contributed by atoms with Gasteiger partial charge in [0.1, 0.15) is 0 Å². The number of sulfonamides is 1. The molecule has 0 aliphatic rings. The molecule has 0 bridgehead atoms. The topological polar surface area (TPSA) is 90.9 Å². The number of hydrogen-bond acceptors (Lipinski definition) is 4. The Balaban J connectivity index is 2.46. The Kier molecular flexibility index (Phi) is 3.76. The molecule has 0 saturated heterocycles. The van der Waals surface area contributed by atoms with Gasteiger partial charge in [-0.2, -0.15) is 13.2 Å². The van der Waals surface area contributed by atoms with E-state index in [4.69, 9.17) is 5.14 Å². The van der Waals surface area contributed by atoms with Crippen molar-refractivity contribution in [3.8, 4) is 0 Å². The summed E-state index contributed by atoms with van der Waals surface area (Å²) in [7, 11) is -4.05. The molecule has 0 amide bonds. The number of halogens is 3. The van der Waals surface area contributed by atoms with Crippen LogP contribution in [-0.2, 0) is 16.2 Å². The highest BCUT2D eigenvalue weighted by Gasteiger charge is 2.34. The minimum atomic E-state index is -4.52. The Morgan fingerprint density at radius 2 is 1.90 bits per heavy atom. The maximum atomic E-state index is 13.0. The summed E-state index contributed by atoms with van der Waals surface area (Å²) in [5.74, 6) is 0. The SMILES string of the molecule is CC(c1ccccc1C(F)(F)F)n1cc(S(N)(=O)=O)nn1. The first-order valence-electron chi connectivity index (χ1n) is 5.71. The number of rotatable bonds is 3. The largest absolute Gasteiger partial charge is 0.416 e. The third-order valence-electron chi connectivity index (χ3n) is 2.89. The average Bonchev–Trinajstić information content (AvgIpc) is 2.86. The molecule has 2 aromatic rings. The third kappa shape index (κ3) is 3.22. The molecular weight excluding hydrogens is 309 g/mol. The zero-order valence-corrected chi connectivity index (χ0v) is 11.6. The summed E-state index contributed by atoms with van der Waals surface area (Å²) in [6, 6.07) is 4.12. The van der Waals surface area contributed by atoms with Gasteiger partial charge in [-0.15, -0.1) is 5.10 Å². The van der Waals surface area contributed by atoms with E-state index in [-0.39, 0.29) is 5.56 Å². The monoisotopic (exact) mass is 320 g/mol. The molecule has 6 nitrogen and oxygen atoms in total. The summed E-state index contributed by atoms with van der Waals surface area (Å²) in [5, 5.41) is 11.3. The molecule has 1 aromatic heterocycles. The van der Waals surface area contributed by atoms with Crippen molar-refractivity contribution in [1.29, 1.82) is 0 Å². The number of nitrogens with two attached hydrogens (primary N) is 1. The van der Waals surface area contributed by atoms with E-state index in [1.807, 2.05) is 0 Å². The molecule has 1 heterocycles. The number of alkyl halides is 3. The van der Waals surface area contributed by atoms with Gasteiger partial charge in [-0.05, 0) is 18.6 Å². The van der Waals surface area contributed by atoms with E-state index in [9.17, 15) is 21.6 Å². The summed E-state index contributed by atoms with van der Waals surface area (Å²) in [4.78, 5) is 0. The molecule has 0 spiro atoms. The van der Waals surface area contributed by atoms with Gasteiger partial charge in [0.05, 0.1) is 17.8 Å². The van der Waals surface area contributed by atoms with Crippen molar-refractivity contribution in [3.05, 3.63) is 41.6 Å². The Hall–Kier alpha value is -1.94. The lowest BCUT2D eigenvalue weighted by Crippen LogP contribution is -2.15. The number of hydrogen-bond donors (Lipinski definition) is 1. The molecule has 2 N–H and O–H groups in total. The second-order valence-electron chi connectivity index (χ2n) is 4.34. The van der Waals surface area contributed by atoms with Gasteiger partial charge in [-0.25, -0.2) is 18.2 Å². The zero-order valence-electron chi connectivity index (χ0n) is 10.7. The van der Waals surface area contributed by atoms with Crippen LogP contribution in [0.3, 0.4) is 0 Å². The highest BCUT2D eigenvalue weighted by atomic mass is 32.2. The van der Waals surface area contributed by atoms with Gasteiger partial charge in [0.15, 0.2) is 0 Å². The molecule has 0 aliphatic carbocycles.